The molecule has 0 radical (unpaired) electrons. The standard InChI is InChI=1S/C8H14O5/c1-10-4-13-6-3-12-7-5(9)2-11-8(6)7/h5-9H,2-4H2,1H3/t5-,6-,7?,8?/m1/s1. The molecule has 2 rings (SSSR count). The number of aliphatic hydroxyl groups is 1. The minimum absolute atomic E-state index is 0.109. The molecule has 5 heteroatoms. The maximum absolute atomic E-state index is 9.41. The molecule has 0 aromatic carbocycles. The molecule has 0 aliphatic carbocycles. The smallest absolute Gasteiger partial charge is 0.146 e. The lowest BCUT2D eigenvalue weighted by atomic mass is 10.1. The van der Waals surface area contributed by atoms with Crippen molar-refractivity contribution in [1.29, 1.82) is 0 Å². The summed E-state index contributed by atoms with van der Waals surface area (Å²) < 4.78 is 20.8. The Labute approximate surface area is 76.5 Å². The third-order valence-electron chi connectivity index (χ3n) is 2.38. The van der Waals surface area contributed by atoms with E-state index in [1.165, 1.54) is 0 Å². The van der Waals surface area contributed by atoms with Gasteiger partial charge in [-0.05, 0) is 0 Å². The average Bonchev–Trinajstić information content (AvgIpc) is 2.67. The van der Waals surface area contributed by atoms with Crippen LogP contribution in [0.25, 0.3) is 0 Å². The van der Waals surface area contributed by atoms with E-state index in [1.54, 1.807) is 7.11 Å². The molecular formula is C8H14O5. The maximum Gasteiger partial charge on any atom is 0.146 e. The first-order chi connectivity index (χ1) is 6.33. The van der Waals surface area contributed by atoms with Crippen molar-refractivity contribution in [2.45, 2.75) is 24.4 Å². The van der Waals surface area contributed by atoms with Gasteiger partial charge < -0.3 is 24.1 Å². The highest BCUT2D eigenvalue weighted by Gasteiger charge is 2.47. The van der Waals surface area contributed by atoms with Gasteiger partial charge in [-0.15, -0.1) is 0 Å². The molecule has 2 unspecified atom stereocenters. The molecule has 2 saturated heterocycles. The number of methoxy groups -OCH3 is 1. The Hall–Kier alpha value is -0.200. The first-order valence-electron chi connectivity index (χ1n) is 4.34. The Balaban J connectivity index is 1.87. The fourth-order valence-electron chi connectivity index (χ4n) is 1.74. The van der Waals surface area contributed by atoms with Crippen LogP contribution < -0.4 is 0 Å². The summed E-state index contributed by atoms with van der Waals surface area (Å²) in [5.41, 5.74) is 0. The van der Waals surface area contributed by atoms with Crippen LogP contribution in [0, 0.1) is 0 Å². The van der Waals surface area contributed by atoms with Crippen LogP contribution >= 0.6 is 0 Å². The van der Waals surface area contributed by atoms with Crippen molar-refractivity contribution in [2.75, 3.05) is 27.1 Å². The van der Waals surface area contributed by atoms with Gasteiger partial charge in [0.05, 0.1) is 13.2 Å². The van der Waals surface area contributed by atoms with Crippen molar-refractivity contribution in [3.8, 4) is 0 Å². The SMILES string of the molecule is COCO[C@@H]1COC2C1OC[C@H]2O. The summed E-state index contributed by atoms with van der Waals surface area (Å²) in [6.07, 6.45) is -0.977. The van der Waals surface area contributed by atoms with E-state index in [9.17, 15) is 5.11 Å². The zero-order chi connectivity index (χ0) is 9.26. The van der Waals surface area contributed by atoms with Gasteiger partial charge >= 0.3 is 0 Å². The third-order valence-corrected chi connectivity index (χ3v) is 2.38. The second kappa shape index (κ2) is 3.89. The predicted octanol–water partition coefficient (Wildman–Crippen LogP) is -0.866. The van der Waals surface area contributed by atoms with E-state index in [0.29, 0.717) is 13.2 Å². The van der Waals surface area contributed by atoms with E-state index >= 15 is 0 Å². The number of hydrogen-bond acceptors (Lipinski definition) is 5. The molecule has 0 spiro atoms. The van der Waals surface area contributed by atoms with Crippen molar-refractivity contribution in [3.05, 3.63) is 0 Å². The first kappa shape index (κ1) is 9.36. The molecular weight excluding hydrogens is 176 g/mol. The molecule has 2 fully saturated rings. The lowest BCUT2D eigenvalue weighted by Crippen LogP contribution is -2.33. The monoisotopic (exact) mass is 190 g/mol. The van der Waals surface area contributed by atoms with Gasteiger partial charge in [0.25, 0.3) is 0 Å². The second-order valence-electron chi connectivity index (χ2n) is 3.27. The van der Waals surface area contributed by atoms with Gasteiger partial charge in [-0.3, -0.25) is 0 Å². The van der Waals surface area contributed by atoms with Crippen molar-refractivity contribution < 1.29 is 24.1 Å². The normalized spacial score (nSPS) is 43.8. The Bertz CT molecular complexity index is 174. The molecule has 2 aliphatic heterocycles. The lowest BCUT2D eigenvalue weighted by Gasteiger charge is -2.15. The molecule has 2 aliphatic rings. The van der Waals surface area contributed by atoms with Crippen LogP contribution in [-0.4, -0.2) is 56.6 Å². The van der Waals surface area contributed by atoms with Gasteiger partial charge in [0.15, 0.2) is 0 Å². The van der Waals surface area contributed by atoms with E-state index in [2.05, 4.69) is 0 Å². The van der Waals surface area contributed by atoms with Crippen LogP contribution in [-0.2, 0) is 18.9 Å². The third kappa shape index (κ3) is 1.70. The molecule has 2 heterocycles. The van der Waals surface area contributed by atoms with Crippen LogP contribution in [0.1, 0.15) is 0 Å². The van der Waals surface area contributed by atoms with Crippen molar-refractivity contribution in [2.24, 2.45) is 0 Å². The Kier molecular flexibility index (Phi) is 2.80. The minimum Gasteiger partial charge on any atom is -0.388 e. The van der Waals surface area contributed by atoms with Crippen LogP contribution in [0.5, 0.6) is 0 Å². The van der Waals surface area contributed by atoms with E-state index < -0.39 is 6.10 Å². The number of rotatable bonds is 3. The molecule has 0 aromatic heterocycles. The zero-order valence-corrected chi connectivity index (χ0v) is 7.51. The van der Waals surface area contributed by atoms with Gasteiger partial charge in [-0.2, -0.15) is 0 Å². The average molecular weight is 190 g/mol. The maximum atomic E-state index is 9.41. The summed E-state index contributed by atoms with van der Waals surface area (Å²) in [7, 11) is 1.57. The van der Waals surface area contributed by atoms with Gasteiger partial charge in [-0.1, -0.05) is 0 Å². The van der Waals surface area contributed by atoms with Crippen LogP contribution in [0.4, 0.5) is 0 Å². The Morgan fingerprint density at radius 3 is 2.85 bits per heavy atom. The van der Waals surface area contributed by atoms with Crippen molar-refractivity contribution >= 4 is 0 Å². The summed E-state index contributed by atoms with van der Waals surface area (Å²) in [5.74, 6) is 0. The van der Waals surface area contributed by atoms with Crippen LogP contribution in [0.15, 0.2) is 0 Å². The van der Waals surface area contributed by atoms with Gasteiger partial charge in [0.1, 0.15) is 31.2 Å². The number of aliphatic hydroxyl groups excluding tert-OH is 1. The molecule has 0 aromatic rings. The Morgan fingerprint density at radius 1 is 1.31 bits per heavy atom. The Morgan fingerprint density at radius 2 is 2.08 bits per heavy atom. The molecule has 5 nitrogen and oxygen atoms in total. The summed E-state index contributed by atoms with van der Waals surface area (Å²) in [6, 6.07) is 0. The highest BCUT2D eigenvalue weighted by molar-refractivity contribution is 4.94. The molecule has 1 N–H and O–H groups in total. The quantitative estimate of drug-likeness (QED) is 0.586. The van der Waals surface area contributed by atoms with Crippen LogP contribution in [0.2, 0.25) is 0 Å². The number of ether oxygens (including phenoxy) is 4. The fourth-order valence-corrected chi connectivity index (χ4v) is 1.74. The van der Waals surface area contributed by atoms with E-state index in [1.807, 2.05) is 0 Å². The molecule has 0 saturated carbocycles. The summed E-state index contributed by atoms with van der Waals surface area (Å²) in [6.45, 7) is 1.04. The summed E-state index contributed by atoms with van der Waals surface area (Å²) in [5, 5.41) is 9.41. The highest BCUT2D eigenvalue weighted by atomic mass is 16.7. The fraction of sp³-hybridized carbons (Fsp3) is 1.00. The van der Waals surface area contributed by atoms with Gasteiger partial charge in [-0.25, -0.2) is 0 Å². The predicted molar refractivity (Wildman–Crippen MR) is 42.2 cm³/mol. The summed E-state index contributed by atoms with van der Waals surface area (Å²) in [4.78, 5) is 0. The second-order valence-corrected chi connectivity index (χ2v) is 3.27. The largest absolute Gasteiger partial charge is 0.388 e. The first-order valence-corrected chi connectivity index (χ1v) is 4.34. The number of fused-ring (bicyclic) bond motifs is 1. The van der Waals surface area contributed by atoms with Gasteiger partial charge in [0, 0.05) is 7.11 Å². The molecule has 76 valence electrons. The highest BCUT2D eigenvalue weighted by Crippen LogP contribution is 2.28. The summed E-state index contributed by atoms with van der Waals surface area (Å²) >= 11 is 0. The van der Waals surface area contributed by atoms with Crippen molar-refractivity contribution in [1.82, 2.24) is 0 Å². The lowest BCUT2D eigenvalue weighted by molar-refractivity contribution is -0.106. The molecule has 13 heavy (non-hydrogen) atoms. The molecule has 0 bridgehead atoms. The van der Waals surface area contributed by atoms with E-state index in [-0.39, 0.29) is 25.1 Å². The zero-order valence-electron chi connectivity index (χ0n) is 7.51. The number of hydrogen-bond donors (Lipinski definition) is 1. The minimum atomic E-state index is -0.513. The van der Waals surface area contributed by atoms with E-state index in [0.717, 1.165) is 0 Å². The molecule has 0 amide bonds. The van der Waals surface area contributed by atoms with Crippen molar-refractivity contribution in [3.63, 3.8) is 0 Å². The molecule has 4 atom stereocenters. The van der Waals surface area contributed by atoms with Gasteiger partial charge in [0.2, 0.25) is 0 Å². The topological polar surface area (TPSA) is 57.2 Å². The van der Waals surface area contributed by atoms with E-state index in [4.69, 9.17) is 18.9 Å². The van der Waals surface area contributed by atoms with Crippen LogP contribution in [0.3, 0.4) is 0 Å².